The Bertz CT molecular complexity index is 565. The summed E-state index contributed by atoms with van der Waals surface area (Å²) in [7, 11) is 0. The van der Waals surface area contributed by atoms with Crippen molar-refractivity contribution in [3.8, 4) is 11.5 Å². The van der Waals surface area contributed by atoms with Crippen LogP contribution in [0, 0.1) is 16.0 Å². The van der Waals surface area contributed by atoms with Gasteiger partial charge in [-0.05, 0) is 37.9 Å². The van der Waals surface area contributed by atoms with E-state index in [-0.39, 0.29) is 17.9 Å². The number of ketones is 1. The topological polar surface area (TPSA) is 104 Å². The fraction of sp³-hybridized carbons (Fsp3) is 0.500. The standard InChI is InChI=1S/C14H18N2O5/c1-9-2-4-15(5-3-9)8-13(18)10-6-11(16(20)21)14(19)12(17)7-10/h6-7,9,17,19H,2-5,8H2,1H3. The van der Waals surface area contributed by atoms with Crippen LogP contribution in [0.15, 0.2) is 12.1 Å². The number of hydrogen-bond acceptors (Lipinski definition) is 6. The smallest absolute Gasteiger partial charge is 0.315 e. The normalized spacial score (nSPS) is 16.8. The minimum atomic E-state index is -0.825. The van der Waals surface area contributed by atoms with Crippen LogP contribution in [0.25, 0.3) is 0 Å². The maximum atomic E-state index is 12.2. The molecule has 0 atom stereocenters. The lowest BCUT2D eigenvalue weighted by Crippen LogP contribution is -2.36. The van der Waals surface area contributed by atoms with Gasteiger partial charge in [-0.2, -0.15) is 0 Å². The highest BCUT2D eigenvalue weighted by molar-refractivity contribution is 5.99. The van der Waals surface area contributed by atoms with E-state index in [1.807, 2.05) is 4.90 Å². The summed E-state index contributed by atoms with van der Waals surface area (Å²) in [5, 5.41) is 29.7. The number of Topliss-reactive ketones (excluding diaryl/α,β-unsaturated/α-hetero) is 1. The van der Waals surface area contributed by atoms with Crippen LogP contribution in [0.5, 0.6) is 11.5 Å². The number of likely N-dealkylation sites (tertiary alicyclic amines) is 1. The third-order valence-electron chi connectivity index (χ3n) is 3.83. The number of phenols is 2. The predicted octanol–water partition coefficient (Wildman–Crippen LogP) is 1.92. The van der Waals surface area contributed by atoms with E-state index in [2.05, 4.69) is 6.92 Å². The summed E-state index contributed by atoms with van der Waals surface area (Å²) in [6, 6.07) is 2.07. The van der Waals surface area contributed by atoms with Crippen molar-refractivity contribution < 1.29 is 19.9 Å². The van der Waals surface area contributed by atoms with E-state index in [0.717, 1.165) is 38.1 Å². The Morgan fingerprint density at radius 2 is 2.00 bits per heavy atom. The molecule has 0 saturated carbocycles. The highest BCUT2D eigenvalue weighted by Gasteiger charge is 2.23. The predicted molar refractivity (Wildman–Crippen MR) is 75.6 cm³/mol. The number of carbonyl (C=O) groups is 1. The molecule has 1 heterocycles. The second-order valence-corrected chi connectivity index (χ2v) is 5.50. The number of piperidine rings is 1. The molecule has 1 fully saturated rings. The van der Waals surface area contributed by atoms with Gasteiger partial charge in [0.2, 0.25) is 5.75 Å². The van der Waals surface area contributed by atoms with Crippen molar-refractivity contribution in [1.82, 2.24) is 4.90 Å². The number of hydrogen-bond donors (Lipinski definition) is 2. The van der Waals surface area contributed by atoms with Gasteiger partial charge >= 0.3 is 5.69 Å². The minimum Gasteiger partial charge on any atom is -0.504 e. The van der Waals surface area contributed by atoms with Crippen LogP contribution in [0.4, 0.5) is 5.69 Å². The molecule has 0 unspecified atom stereocenters. The molecule has 7 heteroatoms. The van der Waals surface area contributed by atoms with E-state index in [9.17, 15) is 25.1 Å². The van der Waals surface area contributed by atoms with Crippen molar-refractivity contribution >= 4 is 11.5 Å². The lowest BCUT2D eigenvalue weighted by molar-refractivity contribution is -0.386. The highest BCUT2D eigenvalue weighted by atomic mass is 16.6. The van der Waals surface area contributed by atoms with E-state index >= 15 is 0 Å². The Hall–Kier alpha value is -2.15. The molecular weight excluding hydrogens is 276 g/mol. The first kappa shape index (κ1) is 15.2. The average molecular weight is 294 g/mol. The van der Waals surface area contributed by atoms with Gasteiger partial charge in [-0.3, -0.25) is 19.8 Å². The zero-order chi connectivity index (χ0) is 15.6. The summed E-state index contributed by atoms with van der Waals surface area (Å²) in [5.41, 5.74) is -0.624. The second-order valence-electron chi connectivity index (χ2n) is 5.50. The molecule has 1 aliphatic heterocycles. The van der Waals surface area contributed by atoms with Crippen LogP contribution in [0.1, 0.15) is 30.1 Å². The molecule has 1 aromatic carbocycles. The summed E-state index contributed by atoms with van der Waals surface area (Å²) in [6.45, 7) is 3.97. The Morgan fingerprint density at radius 1 is 1.38 bits per heavy atom. The number of aromatic hydroxyl groups is 2. The van der Waals surface area contributed by atoms with Crippen molar-refractivity contribution in [3.05, 3.63) is 27.8 Å². The quantitative estimate of drug-likeness (QED) is 0.380. The van der Waals surface area contributed by atoms with E-state index < -0.39 is 22.1 Å². The van der Waals surface area contributed by atoms with Crippen molar-refractivity contribution in [1.29, 1.82) is 0 Å². The van der Waals surface area contributed by atoms with Crippen LogP contribution in [0.3, 0.4) is 0 Å². The number of carbonyl (C=O) groups excluding carboxylic acids is 1. The van der Waals surface area contributed by atoms with Crippen LogP contribution < -0.4 is 0 Å². The van der Waals surface area contributed by atoms with Gasteiger partial charge in [0.15, 0.2) is 11.5 Å². The first-order valence-corrected chi connectivity index (χ1v) is 6.84. The molecule has 0 aliphatic carbocycles. The molecule has 1 saturated heterocycles. The molecule has 2 rings (SSSR count). The maximum Gasteiger partial charge on any atom is 0.315 e. The van der Waals surface area contributed by atoms with Gasteiger partial charge in [-0.25, -0.2) is 0 Å². The first-order chi connectivity index (χ1) is 9.88. The Balaban J connectivity index is 2.14. The third-order valence-corrected chi connectivity index (χ3v) is 3.83. The van der Waals surface area contributed by atoms with Crippen LogP contribution in [0.2, 0.25) is 0 Å². The van der Waals surface area contributed by atoms with Gasteiger partial charge in [0.25, 0.3) is 0 Å². The van der Waals surface area contributed by atoms with E-state index in [0.29, 0.717) is 5.92 Å². The molecule has 21 heavy (non-hydrogen) atoms. The number of nitro benzene ring substituents is 1. The molecule has 0 spiro atoms. The Labute approximate surface area is 122 Å². The average Bonchev–Trinajstić information content (AvgIpc) is 2.43. The van der Waals surface area contributed by atoms with Crippen molar-refractivity contribution in [2.45, 2.75) is 19.8 Å². The summed E-state index contributed by atoms with van der Waals surface area (Å²) in [4.78, 5) is 24.1. The highest BCUT2D eigenvalue weighted by Crippen LogP contribution is 2.36. The fourth-order valence-electron chi connectivity index (χ4n) is 2.42. The van der Waals surface area contributed by atoms with Crippen molar-refractivity contribution in [2.24, 2.45) is 5.92 Å². The molecule has 0 amide bonds. The summed E-state index contributed by atoms with van der Waals surface area (Å²) < 4.78 is 0. The van der Waals surface area contributed by atoms with Gasteiger partial charge in [0, 0.05) is 11.6 Å². The number of rotatable bonds is 4. The first-order valence-electron chi connectivity index (χ1n) is 6.84. The molecule has 1 aliphatic rings. The molecule has 2 N–H and O–H groups in total. The largest absolute Gasteiger partial charge is 0.504 e. The monoisotopic (exact) mass is 294 g/mol. The SMILES string of the molecule is CC1CCN(CC(=O)c2cc(O)c(O)c([N+](=O)[O-])c2)CC1. The minimum absolute atomic E-state index is 0.0376. The molecule has 0 bridgehead atoms. The van der Waals surface area contributed by atoms with E-state index in [1.54, 1.807) is 0 Å². The Kier molecular flexibility index (Phi) is 4.42. The lowest BCUT2D eigenvalue weighted by atomic mass is 9.98. The van der Waals surface area contributed by atoms with Gasteiger partial charge < -0.3 is 10.2 Å². The summed E-state index contributed by atoms with van der Waals surface area (Å²) in [6.07, 6.45) is 2.04. The van der Waals surface area contributed by atoms with Gasteiger partial charge in [0.05, 0.1) is 11.5 Å². The Morgan fingerprint density at radius 3 is 2.57 bits per heavy atom. The molecule has 0 aromatic heterocycles. The summed E-state index contributed by atoms with van der Waals surface area (Å²) in [5.74, 6) is -1.12. The number of nitrogens with zero attached hydrogens (tertiary/aromatic N) is 2. The van der Waals surface area contributed by atoms with Gasteiger partial charge in [-0.1, -0.05) is 6.92 Å². The summed E-state index contributed by atoms with van der Waals surface area (Å²) >= 11 is 0. The van der Waals surface area contributed by atoms with Crippen molar-refractivity contribution in [2.75, 3.05) is 19.6 Å². The maximum absolute atomic E-state index is 12.2. The number of nitro groups is 1. The van der Waals surface area contributed by atoms with Crippen molar-refractivity contribution in [3.63, 3.8) is 0 Å². The van der Waals surface area contributed by atoms with Crippen LogP contribution in [-0.4, -0.2) is 45.5 Å². The van der Waals surface area contributed by atoms with Gasteiger partial charge in [0.1, 0.15) is 0 Å². The number of benzene rings is 1. The molecule has 114 valence electrons. The zero-order valence-electron chi connectivity index (χ0n) is 11.8. The molecule has 0 radical (unpaired) electrons. The van der Waals surface area contributed by atoms with E-state index in [1.165, 1.54) is 0 Å². The molecular formula is C14H18N2O5. The molecule has 1 aromatic rings. The second kappa shape index (κ2) is 6.09. The van der Waals surface area contributed by atoms with Gasteiger partial charge in [-0.15, -0.1) is 0 Å². The fourth-order valence-corrected chi connectivity index (χ4v) is 2.42. The van der Waals surface area contributed by atoms with Crippen LogP contribution in [-0.2, 0) is 0 Å². The van der Waals surface area contributed by atoms with Crippen LogP contribution >= 0.6 is 0 Å². The van der Waals surface area contributed by atoms with E-state index in [4.69, 9.17) is 0 Å². The third kappa shape index (κ3) is 3.49. The zero-order valence-corrected chi connectivity index (χ0v) is 11.8. The number of phenolic OH excluding ortho intramolecular Hbond substituents is 2. The lowest BCUT2D eigenvalue weighted by Gasteiger charge is -2.29. The molecule has 7 nitrogen and oxygen atoms in total.